The fourth-order valence-corrected chi connectivity index (χ4v) is 8.65. The molecule has 4 heteroatoms. The van der Waals surface area contributed by atoms with Crippen molar-refractivity contribution in [1.82, 2.24) is 0 Å². The lowest BCUT2D eigenvalue weighted by Gasteiger charge is -2.33. The van der Waals surface area contributed by atoms with Gasteiger partial charge in [-0.2, -0.15) is 0 Å². The highest BCUT2D eigenvalue weighted by atomic mass is 15.2. The molecule has 0 spiro atoms. The molecule has 64 heavy (non-hydrogen) atoms. The number of para-hydroxylation sites is 5. The topological polar surface area (TPSA) is 13.0 Å². The van der Waals surface area contributed by atoms with E-state index in [2.05, 4.69) is 293 Å². The van der Waals surface area contributed by atoms with Crippen LogP contribution in [-0.4, -0.2) is 6.04 Å². The van der Waals surface area contributed by atoms with Crippen LogP contribution in [0.25, 0.3) is 11.1 Å². The summed E-state index contributed by atoms with van der Waals surface area (Å²) in [5.74, 6) is 0. The molecule has 0 saturated carbocycles. The van der Waals surface area contributed by atoms with Crippen molar-refractivity contribution >= 4 is 62.6 Å². The van der Waals surface area contributed by atoms with Crippen LogP contribution < -0.4 is 19.6 Å². The van der Waals surface area contributed by atoms with Crippen molar-refractivity contribution < 1.29 is 0 Å². The second-order valence-electron chi connectivity index (χ2n) is 15.8. The lowest BCUT2D eigenvalue weighted by molar-refractivity contribution is 0.785. The monoisotopic (exact) mass is 824 g/mol. The third kappa shape index (κ3) is 8.58. The van der Waals surface area contributed by atoms with Crippen LogP contribution in [-0.2, 0) is 0 Å². The molecule has 1 unspecified atom stereocenters. The fourth-order valence-electron chi connectivity index (χ4n) is 8.65. The average molecular weight is 825 g/mol. The maximum Gasteiger partial charge on any atom is 0.0559 e. The highest BCUT2D eigenvalue weighted by molar-refractivity contribution is 5.83. The van der Waals surface area contributed by atoms with Gasteiger partial charge in [-0.05, 0) is 151 Å². The van der Waals surface area contributed by atoms with Crippen molar-refractivity contribution in [2.75, 3.05) is 19.6 Å². The van der Waals surface area contributed by atoms with E-state index in [9.17, 15) is 0 Å². The molecular formula is C60H48N4. The van der Waals surface area contributed by atoms with Crippen LogP contribution in [0.1, 0.15) is 6.42 Å². The first-order valence-electron chi connectivity index (χ1n) is 22.0. The van der Waals surface area contributed by atoms with Crippen molar-refractivity contribution in [2.45, 2.75) is 12.5 Å². The largest absolute Gasteiger partial charge is 0.334 e. The van der Waals surface area contributed by atoms with Crippen LogP contribution in [0.5, 0.6) is 0 Å². The lowest BCUT2D eigenvalue weighted by atomic mass is 10.0. The van der Waals surface area contributed by atoms with Gasteiger partial charge in [0.2, 0.25) is 0 Å². The van der Waals surface area contributed by atoms with Gasteiger partial charge in [-0.25, -0.2) is 0 Å². The molecule has 9 aromatic rings. The first kappa shape index (κ1) is 39.8. The maximum absolute atomic E-state index is 2.43. The van der Waals surface area contributed by atoms with E-state index < -0.39 is 0 Å². The van der Waals surface area contributed by atoms with Gasteiger partial charge in [0.25, 0.3) is 0 Å². The molecule has 0 fully saturated rings. The molecule has 0 amide bonds. The number of hydrogen-bond donors (Lipinski definition) is 0. The molecular weight excluding hydrogens is 777 g/mol. The summed E-state index contributed by atoms with van der Waals surface area (Å²) in [5.41, 5.74) is 14.5. The first-order chi connectivity index (χ1) is 31.8. The molecule has 4 nitrogen and oxygen atoms in total. The Bertz CT molecular complexity index is 2880. The standard InChI is InChI=1S/C60H48N4/c1-7-19-49(20-8-1)61(50-21-9-2-10-22-50)57-39-43-59(44-40-57)63(53-27-15-5-16-28-53)55-35-31-47(32-36-55)48-33-37-56(38-34-48)64(54-29-17-6-18-30-54)60-45-41-58(42-46-60)62(51-23-11-3-12-24-51)52-25-13-4-14-26-52/h1-25,27-46,52H,26H2. The zero-order valence-electron chi connectivity index (χ0n) is 35.6. The number of anilines is 11. The summed E-state index contributed by atoms with van der Waals surface area (Å²) in [6, 6.07) is 88.8. The number of hydrogen-bond acceptors (Lipinski definition) is 4. The third-order valence-electron chi connectivity index (χ3n) is 11.7. The van der Waals surface area contributed by atoms with E-state index in [1.165, 1.54) is 5.69 Å². The Morgan fingerprint density at radius 3 is 0.797 bits per heavy atom. The molecule has 0 bridgehead atoms. The van der Waals surface area contributed by atoms with E-state index in [0.717, 1.165) is 74.4 Å². The van der Waals surface area contributed by atoms with E-state index in [-0.39, 0.29) is 6.04 Å². The summed E-state index contributed by atoms with van der Waals surface area (Å²) in [7, 11) is 0. The van der Waals surface area contributed by atoms with Crippen molar-refractivity contribution in [3.63, 3.8) is 0 Å². The first-order valence-corrected chi connectivity index (χ1v) is 22.0. The second-order valence-corrected chi connectivity index (χ2v) is 15.8. The highest BCUT2D eigenvalue weighted by Crippen LogP contribution is 2.41. The Kier molecular flexibility index (Phi) is 11.6. The van der Waals surface area contributed by atoms with E-state index in [1.54, 1.807) is 0 Å². The van der Waals surface area contributed by atoms with Crippen LogP contribution in [0.3, 0.4) is 0 Å². The van der Waals surface area contributed by atoms with E-state index in [1.807, 2.05) is 0 Å². The molecule has 0 aliphatic heterocycles. The summed E-state index contributed by atoms with van der Waals surface area (Å²) in [5, 5.41) is 0. The molecule has 0 saturated heterocycles. The highest BCUT2D eigenvalue weighted by Gasteiger charge is 2.21. The van der Waals surface area contributed by atoms with Gasteiger partial charge in [-0.15, -0.1) is 0 Å². The number of benzene rings is 9. The van der Waals surface area contributed by atoms with Crippen LogP contribution in [0, 0.1) is 0 Å². The molecule has 0 N–H and O–H groups in total. The Morgan fingerprint density at radius 2 is 0.500 bits per heavy atom. The van der Waals surface area contributed by atoms with E-state index in [0.29, 0.717) is 0 Å². The lowest BCUT2D eigenvalue weighted by Crippen LogP contribution is -2.29. The maximum atomic E-state index is 2.43. The summed E-state index contributed by atoms with van der Waals surface area (Å²) in [6.07, 6.45) is 9.78. The van der Waals surface area contributed by atoms with Crippen molar-refractivity contribution in [3.05, 3.63) is 273 Å². The molecule has 10 rings (SSSR count). The van der Waals surface area contributed by atoms with Crippen LogP contribution >= 0.6 is 0 Å². The van der Waals surface area contributed by atoms with Gasteiger partial charge >= 0.3 is 0 Å². The number of allylic oxidation sites excluding steroid dienone is 2. The summed E-state index contributed by atoms with van der Waals surface area (Å²) in [4.78, 5) is 9.36. The van der Waals surface area contributed by atoms with Gasteiger partial charge in [0.1, 0.15) is 0 Å². The molecule has 0 heterocycles. The van der Waals surface area contributed by atoms with Gasteiger partial charge in [0.05, 0.1) is 6.04 Å². The Balaban J connectivity index is 0.927. The predicted molar refractivity (Wildman–Crippen MR) is 271 cm³/mol. The Labute approximate surface area is 377 Å². The van der Waals surface area contributed by atoms with Crippen LogP contribution in [0.15, 0.2) is 273 Å². The van der Waals surface area contributed by atoms with Gasteiger partial charge < -0.3 is 19.6 Å². The summed E-state index contributed by atoms with van der Waals surface area (Å²) < 4.78 is 0. The van der Waals surface area contributed by atoms with Crippen molar-refractivity contribution in [2.24, 2.45) is 0 Å². The SMILES string of the molecule is C1=CCC(N(c2ccccc2)c2ccc(N(c3ccccc3)c3ccc(-c4ccc(N(c5ccccc5)c5ccc(N(c6ccccc6)c6ccccc6)cc5)cc4)cc3)cc2)C=C1. The van der Waals surface area contributed by atoms with Crippen molar-refractivity contribution in [3.8, 4) is 11.1 Å². The van der Waals surface area contributed by atoms with Gasteiger partial charge in [0, 0.05) is 62.6 Å². The fraction of sp³-hybridized carbons (Fsp3) is 0.0333. The minimum Gasteiger partial charge on any atom is -0.334 e. The average Bonchev–Trinajstić information content (AvgIpc) is 3.38. The summed E-state index contributed by atoms with van der Waals surface area (Å²) in [6.45, 7) is 0. The molecule has 1 atom stereocenters. The number of rotatable bonds is 13. The summed E-state index contributed by atoms with van der Waals surface area (Å²) >= 11 is 0. The van der Waals surface area contributed by atoms with Gasteiger partial charge in [-0.3, -0.25) is 0 Å². The molecule has 308 valence electrons. The zero-order chi connectivity index (χ0) is 42.9. The third-order valence-corrected chi connectivity index (χ3v) is 11.7. The minimum absolute atomic E-state index is 0.245. The normalized spacial score (nSPS) is 13.0. The molecule has 0 aromatic heterocycles. The minimum atomic E-state index is 0.245. The molecule has 1 aliphatic rings. The smallest absolute Gasteiger partial charge is 0.0559 e. The number of nitrogens with zero attached hydrogens (tertiary/aromatic N) is 4. The van der Waals surface area contributed by atoms with Gasteiger partial charge in [-0.1, -0.05) is 140 Å². The molecule has 1 aliphatic carbocycles. The zero-order valence-corrected chi connectivity index (χ0v) is 35.6. The van der Waals surface area contributed by atoms with Crippen LogP contribution in [0.4, 0.5) is 62.6 Å². The Hall–Kier alpha value is -8.34. The van der Waals surface area contributed by atoms with Gasteiger partial charge in [0.15, 0.2) is 0 Å². The Morgan fingerprint density at radius 1 is 0.250 bits per heavy atom. The van der Waals surface area contributed by atoms with Crippen molar-refractivity contribution in [1.29, 1.82) is 0 Å². The van der Waals surface area contributed by atoms with E-state index >= 15 is 0 Å². The van der Waals surface area contributed by atoms with Crippen LogP contribution in [0.2, 0.25) is 0 Å². The quantitative estimate of drug-likeness (QED) is 0.115. The molecule has 0 radical (unpaired) electrons. The second kappa shape index (κ2) is 18.7. The van der Waals surface area contributed by atoms with E-state index in [4.69, 9.17) is 0 Å². The predicted octanol–water partition coefficient (Wildman–Crippen LogP) is 16.8. The molecule has 9 aromatic carbocycles.